The molecular weight excluding hydrogens is 853 g/mol. The summed E-state index contributed by atoms with van der Waals surface area (Å²) in [7, 11) is 0. The van der Waals surface area contributed by atoms with Crippen molar-refractivity contribution >= 4 is 17.9 Å². The van der Waals surface area contributed by atoms with Crippen molar-refractivity contribution in [3.05, 3.63) is 48.6 Å². The summed E-state index contributed by atoms with van der Waals surface area (Å²) in [6, 6.07) is 0. The van der Waals surface area contributed by atoms with Crippen LogP contribution in [0.1, 0.15) is 316 Å². The van der Waals surface area contributed by atoms with E-state index in [1.165, 1.54) is 212 Å². The summed E-state index contributed by atoms with van der Waals surface area (Å²) in [4.78, 5) is 38.2. The molecule has 6 nitrogen and oxygen atoms in total. The van der Waals surface area contributed by atoms with Crippen LogP contribution in [0.15, 0.2) is 48.6 Å². The molecule has 0 heterocycles. The first-order valence-electron chi connectivity index (χ1n) is 30.1. The summed E-state index contributed by atoms with van der Waals surface area (Å²) in [6.45, 7) is 6.62. The van der Waals surface area contributed by atoms with Gasteiger partial charge in [0.05, 0.1) is 0 Å². The van der Waals surface area contributed by atoms with E-state index in [1.807, 2.05) is 0 Å². The fourth-order valence-electron chi connectivity index (χ4n) is 8.75. The zero-order chi connectivity index (χ0) is 50.0. The molecule has 0 spiro atoms. The number of unbranched alkanes of at least 4 members (excludes halogenated alkanes) is 36. The first kappa shape index (κ1) is 66.4. The van der Waals surface area contributed by atoms with Gasteiger partial charge < -0.3 is 14.2 Å². The fraction of sp³-hybridized carbons (Fsp3) is 0.825. The normalized spacial score (nSPS) is 12.3. The fourth-order valence-corrected chi connectivity index (χ4v) is 8.75. The summed E-state index contributed by atoms with van der Waals surface area (Å²) < 4.78 is 16.9. The van der Waals surface area contributed by atoms with Crippen LogP contribution < -0.4 is 0 Å². The predicted octanol–water partition coefficient (Wildman–Crippen LogP) is 20.2. The second-order valence-corrected chi connectivity index (χ2v) is 20.3. The van der Waals surface area contributed by atoms with E-state index in [4.69, 9.17) is 14.2 Å². The minimum absolute atomic E-state index is 0.0879. The predicted molar refractivity (Wildman–Crippen MR) is 298 cm³/mol. The molecule has 0 fully saturated rings. The lowest BCUT2D eigenvalue weighted by atomic mass is 10.0. The Kier molecular flexibility index (Phi) is 55.7. The maximum Gasteiger partial charge on any atom is 0.306 e. The number of ether oxygens (including phenoxy) is 3. The van der Waals surface area contributed by atoms with Gasteiger partial charge in [0.2, 0.25) is 0 Å². The molecule has 0 aromatic heterocycles. The molecule has 0 N–H and O–H groups in total. The topological polar surface area (TPSA) is 78.9 Å². The molecule has 0 aliphatic carbocycles. The average molecular weight is 968 g/mol. The Morgan fingerprint density at radius 3 is 0.899 bits per heavy atom. The van der Waals surface area contributed by atoms with E-state index < -0.39 is 6.10 Å². The zero-order valence-electron chi connectivity index (χ0n) is 46.1. The maximum absolute atomic E-state index is 12.9. The van der Waals surface area contributed by atoms with Crippen LogP contribution in [-0.4, -0.2) is 37.2 Å². The number of carbonyl (C=O) groups is 3. The third-order valence-electron chi connectivity index (χ3n) is 13.3. The summed E-state index contributed by atoms with van der Waals surface area (Å²) in [6.07, 6.45) is 71.1. The van der Waals surface area contributed by atoms with Crippen LogP contribution in [0, 0.1) is 0 Å². The maximum atomic E-state index is 12.9. The van der Waals surface area contributed by atoms with Gasteiger partial charge in [-0.3, -0.25) is 14.4 Å². The van der Waals surface area contributed by atoms with Crippen LogP contribution in [-0.2, 0) is 28.6 Å². The van der Waals surface area contributed by atoms with Crippen molar-refractivity contribution in [3.8, 4) is 0 Å². The Hall–Kier alpha value is -2.63. The lowest BCUT2D eigenvalue weighted by Gasteiger charge is -2.18. The van der Waals surface area contributed by atoms with Crippen molar-refractivity contribution in [2.24, 2.45) is 0 Å². The van der Waals surface area contributed by atoms with Gasteiger partial charge in [-0.05, 0) is 77.0 Å². The van der Waals surface area contributed by atoms with Crippen LogP contribution in [0.3, 0.4) is 0 Å². The lowest BCUT2D eigenvalue weighted by Crippen LogP contribution is -2.30. The number of esters is 3. The van der Waals surface area contributed by atoms with Gasteiger partial charge >= 0.3 is 17.9 Å². The van der Waals surface area contributed by atoms with Gasteiger partial charge in [0, 0.05) is 19.3 Å². The number of rotatable bonds is 55. The van der Waals surface area contributed by atoms with Gasteiger partial charge in [0.1, 0.15) is 13.2 Å². The molecule has 6 heteroatoms. The van der Waals surface area contributed by atoms with E-state index in [-0.39, 0.29) is 31.1 Å². The van der Waals surface area contributed by atoms with Crippen LogP contribution in [0.5, 0.6) is 0 Å². The highest BCUT2D eigenvalue weighted by molar-refractivity contribution is 5.71. The number of carbonyl (C=O) groups excluding carboxylic acids is 3. The van der Waals surface area contributed by atoms with Crippen molar-refractivity contribution in [2.75, 3.05) is 13.2 Å². The molecule has 0 unspecified atom stereocenters. The summed E-state index contributed by atoms with van der Waals surface area (Å²) >= 11 is 0. The van der Waals surface area contributed by atoms with Crippen LogP contribution in [0.25, 0.3) is 0 Å². The van der Waals surface area contributed by atoms with Crippen LogP contribution in [0.2, 0.25) is 0 Å². The molecule has 0 bridgehead atoms. The highest BCUT2D eigenvalue weighted by atomic mass is 16.6. The van der Waals surface area contributed by atoms with E-state index in [1.54, 1.807) is 0 Å². The van der Waals surface area contributed by atoms with Gasteiger partial charge in [-0.25, -0.2) is 0 Å². The SMILES string of the molecule is CCCCCC/C=C\CCCCCCCCCC(=O)OC[C@@H](COC(=O)CCC/C=C\C/C=C\C/C=C\CCCCCCCC)OC(=O)CCCCCCCCCCCCCCCCCCCCC. The molecule has 0 aliphatic heterocycles. The quantitative estimate of drug-likeness (QED) is 0.0262. The molecular formula is C63H114O6. The first-order valence-corrected chi connectivity index (χ1v) is 30.1. The van der Waals surface area contributed by atoms with Gasteiger partial charge in [-0.2, -0.15) is 0 Å². The zero-order valence-corrected chi connectivity index (χ0v) is 46.1. The Morgan fingerprint density at radius 1 is 0.290 bits per heavy atom. The van der Waals surface area contributed by atoms with Crippen molar-refractivity contribution in [2.45, 2.75) is 322 Å². The van der Waals surface area contributed by atoms with E-state index in [0.29, 0.717) is 25.7 Å². The second kappa shape index (κ2) is 57.9. The minimum atomic E-state index is -0.793. The molecule has 1 atom stereocenters. The Bertz CT molecular complexity index is 1200. The molecule has 0 rings (SSSR count). The molecule has 0 radical (unpaired) electrons. The van der Waals surface area contributed by atoms with Crippen molar-refractivity contribution in [1.29, 1.82) is 0 Å². The molecule has 0 saturated heterocycles. The van der Waals surface area contributed by atoms with Crippen LogP contribution >= 0.6 is 0 Å². The van der Waals surface area contributed by atoms with Gasteiger partial charge in [-0.15, -0.1) is 0 Å². The van der Waals surface area contributed by atoms with E-state index in [0.717, 1.165) is 57.8 Å². The molecule has 69 heavy (non-hydrogen) atoms. The summed E-state index contributed by atoms with van der Waals surface area (Å²) in [5, 5.41) is 0. The second-order valence-electron chi connectivity index (χ2n) is 20.3. The third-order valence-corrected chi connectivity index (χ3v) is 13.3. The average Bonchev–Trinajstić information content (AvgIpc) is 3.35. The molecule has 0 aromatic rings. The van der Waals surface area contributed by atoms with E-state index in [2.05, 4.69) is 69.4 Å². The molecule has 0 aromatic carbocycles. The van der Waals surface area contributed by atoms with E-state index >= 15 is 0 Å². The minimum Gasteiger partial charge on any atom is -0.462 e. The van der Waals surface area contributed by atoms with Crippen molar-refractivity contribution < 1.29 is 28.6 Å². The van der Waals surface area contributed by atoms with Crippen molar-refractivity contribution in [3.63, 3.8) is 0 Å². The van der Waals surface area contributed by atoms with Crippen LogP contribution in [0.4, 0.5) is 0 Å². The number of hydrogen-bond acceptors (Lipinski definition) is 6. The monoisotopic (exact) mass is 967 g/mol. The number of hydrogen-bond donors (Lipinski definition) is 0. The molecule has 0 amide bonds. The molecule has 402 valence electrons. The third kappa shape index (κ3) is 56.2. The Labute approximate surface area is 428 Å². The largest absolute Gasteiger partial charge is 0.462 e. The molecule has 0 aliphatic rings. The van der Waals surface area contributed by atoms with Gasteiger partial charge in [0.25, 0.3) is 0 Å². The lowest BCUT2D eigenvalue weighted by molar-refractivity contribution is -0.167. The van der Waals surface area contributed by atoms with Gasteiger partial charge in [0.15, 0.2) is 6.10 Å². The standard InChI is InChI=1S/C63H114O6/c1-4-7-10-13-16-19-22-25-28-30-31-33-36-39-42-45-48-51-54-57-63(66)69-60(58-67-61(64)55-52-49-46-43-40-37-34-27-24-21-18-15-12-9-6-3)59-68-62(65)56-53-50-47-44-41-38-35-32-29-26-23-20-17-14-11-8-5-2/h21,24,26,29,35,38,44,47,60H,4-20,22-23,25,27-28,30-34,36-37,39-43,45-46,48-59H2,1-3H3/b24-21-,29-26-,38-35-,47-44-/t60-/m0/s1. The van der Waals surface area contributed by atoms with E-state index in [9.17, 15) is 14.4 Å². The number of allylic oxidation sites excluding steroid dienone is 8. The highest BCUT2D eigenvalue weighted by Gasteiger charge is 2.19. The van der Waals surface area contributed by atoms with Gasteiger partial charge in [-0.1, -0.05) is 268 Å². The summed E-state index contributed by atoms with van der Waals surface area (Å²) in [5.74, 6) is -0.929. The Morgan fingerprint density at radius 2 is 0.536 bits per heavy atom. The highest BCUT2D eigenvalue weighted by Crippen LogP contribution is 2.17. The summed E-state index contributed by atoms with van der Waals surface area (Å²) in [5.41, 5.74) is 0. The Balaban J connectivity index is 4.41. The smallest absolute Gasteiger partial charge is 0.306 e. The first-order chi connectivity index (χ1) is 34.0. The van der Waals surface area contributed by atoms with Crippen molar-refractivity contribution in [1.82, 2.24) is 0 Å². The molecule has 0 saturated carbocycles.